The Balaban J connectivity index is 1.61. The van der Waals surface area contributed by atoms with Crippen LogP contribution in [-0.4, -0.2) is 35.1 Å². The molecule has 0 bridgehead atoms. The molecule has 1 heterocycles. The molecule has 0 N–H and O–H groups in total. The Morgan fingerprint density at radius 2 is 1.21 bits per heavy atom. The van der Waals surface area contributed by atoms with Crippen molar-refractivity contribution in [1.29, 1.82) is 0 Å². The Labute approximate surface area is 238 Å². The number of piperidine rings is 1. The molecular weight excluding hydrogens is 466 g/mol. The van der Waals surface area contributed by atoms with Crippen molar-refractivity contribution < 1.29 is 9.53 Å². The molecule has 0 radical (unpaired) electrons. The van der Waals surface area contributed by atoms with Crippen molar-refractivity contribution in [1.82, 2.24) is 4.90 Å². The van der Waals surface area contributed by atoms with E-state index in [0.29, 0.717) is 12.3 Å². The molecule has 1 aliphatic carbocycles. The molecule has 0 aromatic carbocycles. The van der Waals surface area contributed by atoms with E-state index in [0.717, 1.165) is 18.8 Å². The van der Waals surface area contributed by atoms with Gasteiger partial charge in [0.25, 0.3) is 0 Å². The Bertz CT molecular complexity index is 621. The summed E-state index contributed by atoms with van der Waals surface area (Å²) in [7, 11) is 2.28. The van der Waals surface area contributed by atoms with Gasteiger partial charge >= 0.3 is 5.97 Å². The minimum atomic E-state index is 0.0405. The number of nitrogens with zero attached hydrogens (tertiary/aromatic N) is 1. The standard InChI is InChI=1S/C35H67NO2/c1-7-8-9-10-11-12-13-14-15-16-17-18-19-20-24-27-33(37)38-32-29-34(2,3)36(6)35(4,5)31(32)28-30-25-22-21-23-26-30/h30-32H,7-29H2,1-6H3. The maximum absolute atomic E-state index is 13.0. The van der Waals surface area contributed by atoms with E-state index in [9.17, 15) is 4.79 Å². The van der Waals surface area contributed by atoms with Gasteiger partial charge in [0.05, 0.1) is 0 Å². The number of hydrogen-bond donors (Lipinski definition) is 0. The molecule has 38 heavy (non-hydrogen) atoms. The SMILES string of the molecule is CCCCCCCCCCCCCCCCCC(=O)OC1CC(C)(C)N(C)C(C)(C)C1CC1CCCCC1. The van der Waals surface area contributed by atoms with Crippen molar-refractivity contribution in [3.8, 4) is 0 Å². The predicted octanol–water partition coefficient (Wildman–Crippen LogP) is 10.6. The molecule has 2 unspecified atom stereocenters. The first-order valence-electron chi connectivity index (χ1n) is 17.1. The highest BCUT2D eigenvalue weighted by Gasteiger charge is 2.51. The fourth-order valence-electron chi connectivity index (χ4n) is 7.47. The average Bonchev–Trinajstić information content (AvgIpc) is 2.88. The lowest BCUT2D eigenvalue weighted by Gasteiger charge is -2.58. The van der Waals surface area contributed by atoms with Crippen LogP contribution in [-0.2, 0) is 9.53 Å². The number of ether oxygens (including phenoxy) is 1. The van der Waals surface area contributed by atoms with E-state index in [-0.39, 0.29) is 23.2 Å². The van der Waals surface area contributed by atoms with Crippen LogP contribution in [0.5, 0.6) is 0 Å². The van der Waals surface area contributed by atoms with Crippen LogP contribution in [0, 0.1) is 11.8 Å². The van der Waals surface area contributed by atoms with Gasteiger partial charge in [-0.05, 0) is 53.5 Å². The Morgan fingerprint density at radius 3 is 1.71 bits per heavy atom. The van der Waals surface area contributed by atoms with Crippen LogP contribution in [0.3, 0.4) is 0 Å². The Hall–Kier alpha value is -0.570. The summed E-state index contributed by atoms with van der Waals surface area (Å²) in [6.45, 7) is 11.7. The van der Waals surface area contributed by atoms with Crippen LogP contribution in [0.1, 0.15) is 182 Å². The zero-order valence-electron chi connectivity index (χ0n) is 26.8. The van der Waals surface area contributed by atoms with Crippen molar-refractivity contribution in [3.05, 3.63) is 0 Å². The first-order chi connectivity index (χ1) is 18.2. The molecule has 0 spiro atoms. The highest BCUT2D eigenvalue weighted by atomic mass is 16.5. The molecule has 2 fully saturated rings. The van der Waals surface area contributed by atoms with E-state index in [2.05, 4.69) is 46.6 Å². The maximum atomic E-state index is 13.0. The highest BCUT2D eigenvalue weighted by Crippen LogP contribution is 2.46. The van der Waals surface area contributed by atoms with Crippen LogP contribution >= 0.6 is 0 Å². The second kappa shape index (κ2) is 18.0. The summed E-state index contributed by atoms with van der Waals surface area (Å²) in [5.41, 5.74) is 0.0882. The van der Waals surface area contributed by atoms with Crippen LogP contribution in [0.2, 0.25) is 0 Å². The number of esters is 1. The molecule has 0 aromatic heterocycles. The maximum Gasteiger partial charge on any atom is 0.306 e. The van der Waals surface area contributed by atoms with E-state index in [1.54, 1.807) is 0 Å². The number of likely N-dealkylation sites (tertiary alicyclic amines) is 1. The van der Waals surface area contributed by atoms with E-state index >= 15 is 0 Å². The zero-order valence-corrected chi connectivity index (χ0v) is 26.8. The predicted molar refractivity (Wildman–Crippen MR) is 165 cm³/mol. The summed E-state index contributed by atoms with van der Waals surface area (Å²) >= 11 is 0. The van der Waals surface area contributed by atoms with Crippen LogP contribution in [0.25, 0.3) is 0 Å². The largest absolute Gasteiger partial charge is 0.462 e. The molecule has 2 aliphatic rings. The van der Waals surface area contributed by atoms with E-state index in [1.165, 1.54) is 128 Å². The first-order valence-corrected chi connectivity index (χ1v) is 17.1. The molecule has 224 valence electrons. The number of rotatable bonds is 19. The molecular formula is C35H67NO2. The van der Waals surface area contributed by atoms with Gasteiger partial charge < -0.3 is 4.74 Å². The van der Waals surface area contributed by atoms with E-state index in [4.69, 9.17) is 4.74 Å². The quantitative estimate of drug-likeness (QED) is 0.122. The van der Waals surface area contributed by atoms with Crippen LogP contribution < -0.4 is 0 Å². The Morgan fingerprint density at radius 1 is 0.737 bits per heavy atom. The van der Waals surface area contributed by atoms with Gasteiger partial charge in [0.15, 0.2) is 0 Å². The highest BCUT2D eigenvalue weighted by molar-refractivity contribution is 5.69. The summed E-state index contributed by atoms with van der Waals surface area (Å²) in [4.78, 5) is 15.5. The lowest BCUT2D eigenvalue weighted by Crippen LogP contribution is -2.65. The topological polar surface area (TPSA) is 29.5 Å². The van der Waals surface area contributed by atoms with Gasteiger partial charge in [-0.1, -0.05) is 129 Å². The molecule has 0 amide bonds. The molecule has 1 saturated heterocycles. The normalized spacial score (nSPS) is 23.9. The summed E-state index contributed by atoms with van der Waals surface area (Å²) in [6.07, 6.45) is 30.0. The molecule has 0 aromatic rings. The van der Waals surface area contributed by atoms with Crippen molar-refractivity contribution in [2.24, 2.45) is 11.8 Å². The molecule has 2 atom stereocenters. The minimum Gasteiger partial charge on any atom is -0.462 e. The number of hydrogen-bond acceptors (Lipinski definition) is 3. The number of unbranched alkanes of at least 4 members (excludes halogenated alkanes) is 14. The van der Waals surface area contributed by atoms with E-state index in [1.807, 2.05) is 0 Å². The Kier molecular flexibility index (Phi) is 15.9. The van der Waals surface area contributed by atoms with Gasteiger partial charge in [-0.3, -0.25) is 9.69 Å². The third-order valence-corrected chi connectivity index (χ3v) is 10.4. The van der Waals surface area contributed by atoms with Gasteiger partial charge in [0.1, 0.15) is 6.10 Å². The summed E-state index contributed by atoms with van der Waals surface area (Å²) in [6, 6.07) is 0. The summed E-state index contributed by atoms with van der Waals surface area (Å²) in [5.74, 6) is 1.28. The van der Waals surface area contributed by atoms with Gasteiger partial charge in [0.2, 0.25) is 0 Å². The van der Waals surface area contributed by atoms with E-state index < -0.39 is 0 Å². The van der Waals surface area contributed by atoms with Crippen molar-refractivity contribution in [3.63, 3.8) is 0 Å². The van der Waals surface area contributed by atoms with Crippen LogP contribution in [0.15, 0.2) is 0 Å². The molecule has 1 aliphatic heterocycles. The average molecular weight is 534 g/mol. The zero-order chi connectivity index (χ0) is 27.9. The van der Waals surface area contributed by atoms with Gasteiger partial charge in [-0.2, -0.15) is 0 Å². The van der Waals surface area contributed by atoms with Crippen molar-refractivity contribution in [2.45, 2.75) is 199 Å². The molecule has 3 heteroatoms. The summed E-state index contributed by atoms with van der Waals surface area (Å²) < 4.78 is 6.32. The lowest BCUT2D eigenvalue weighted by atomic mass is 9.66. The van der Waals surface area contributed by atoms with Gasteiger partial charge in [-0.25, -0.2) is 0 Å². The molecule has 1 saturated carbocycles. The third kappa shape index (κ3) is 11.9. The molecule has 2 rings (SSSR count). The first kappa shape index (κ1) is 33.6. The summed E-state index contributed by atoms with van der Waals surface area (Å²) in [5, 5.41) is 0. The van der Waals surface area contributed by atoms with Crippen molar-refractivity contribution >= 4 is 5.97 Å². The third-order valence-electron chi connectivity index (χ3n) is 10.4. The van der Waals surface area contributed by atoms with Crippen molar-refractivity contribution in [2.75, 3.05) is 7.05 Å². The number of carbonyl (C=O) groups is 1. The monoisotopic (exact) mass is 534 g/mol. The van der Waals surface area contributed by atoms with Crippen LogP contribution in [0.4, 0.5) is 0 Å². The fourth-order valence-corrected chi connectivity index (χ4v) is 7.47. The van der Waals surface area contributed by atoms with Gasteiger partial charge in [0, 0.05) is 29.8 Å². The fraction of sp³-hybridized carbons (Fsp3) is 0.971. The van der Waals surface area contributed by atoms with Gasteiger partial charge in [-0.15, -0.1) is 0 Å². The molecule has 3 nitrogen and oxygen atoms in total. The number of carbonyl (C=O) groups excluding carboxylic acids is 1. The smallest absolute Gasteiger partial charge is 0.306 e. The second-order valence-corrected chi connectivity index (χ2v) is 14.3. The minimum absolute atomic E-state index is 0.0405. The lowest BCUT2D eigenvalue weighted by molar-refractivity contribution is -0.172. The second-order valence-electron chi connectivity index (χ2n) is 14.3.